The van der Waals surface area contributed by atoms with Gasteiger partial charge in [0, 0.05) is 24.0 Å². The number of benzene rings is 2. The lowest BCUT2D eigenvalue weighted by Gasteiger charge is -2.30. The molecular formula is C28H32F3N5O6S2. The number of thiazole rings is 1. The summed E-state index contributed by atoms with van der Waals surface area (Å²) in [6.07, 6.45) is -3.28. The number of nitrogens with zero attached hydrogens (tertiary/aromatic N) is 2. The average Bonchev–Trinajstić information content (AvgIpc) is 3.39. The number of likely N-dealkylation sites (tertiary alicyclic amines) is 1. The molecule has 1 atom stereocenters. The number of aromatic nitrogens is 1. The average molecular weight is 656 g/mol. The van der Waals surface area contributed by atoms with Crippen molar-refractivity contribution in [1.82, 2.24) is 25.5 Å². The fourth-order valence-electron chi connectivity index (χ4n) is 4.49. The summed E-state index contributed by atoms with van der Waals surface area (Å²) in [4.78, 5) is 44.5. The van der Waals surface area contributed by atoms with Gasteiger partial charge in [0.1, 0.15) is 17.3 Å². The summed E-state index contributed by atoms with van der Waals surface area (Å²) < 4.78 is 67.3. The third-order valence-electron chi connectivity index (χ3n) is 7.18. The van der Waals surface area contributed by atoms with E-state index in [-0.39, 0.29) is 21.0 Å². The molecule has 0 aliphatic carbocycles. The monoisotopic (exact) mass is 655 g/mol. The van der Waals surface area contributed by atoms with Crippen molar-refractivity contribution < 1.29 is 41.1 Å². The molecule has 238 valence electrons. The highest BCUT2D eigenvalue weighted by atomic mass is 32.2. The standard InChI is InChI=1S/C28H32F3N5O6S2/c1-15-11-13-36(14-12-15)25(38)21-22(43-24(32-21)23(37)33-34-26(39)27(3,4)40)19-9-10-20(18-8-6-5-7-17(18)19)44(41,42)35-16(2)28(29,30)31/h5-10,15-16,35,40H,11-14H2,1-4H3,(H,33,37)(H,34,39). The van der Waals surface area contributed by atoms with Crippen LogP contribution in [0.25, 0.3) is 21.2 Å². The molecule has 1 unspecified atom stereocenters. The van der Waals surface area contributed by atoms with Crippen molar-refractivity contribution in [2.45, 2.75) is 63.3 Å². The molecule has 1 saturated heterocycles. The van der Waals surface area contributed by atoms with Crippen LogP contribution >= 0.6 is 11.3 Å². The number of hydrogen-bond acceptors (Lipinski definition) is 8. The first kappa shape index (κ1) is 33.3. The molecule has 2 aromatic carbocycles. The van der Waals surface area contributed by atoms with Crippen LogP contribution in [0.4, 0.5) is 13.2 Å². The predicted molar refractivity (Wildman–Crippen MR) is 157 cm³/mol. The summed E-state index contributed by atoms with van der Waals surface area (Å²) in [5, 5.41) is 10.0. The highest BCUT2D eigenvalue weighted by Crippen LogP contribution is 2.39. The van der Waals surface area contributed by atoms with E-state index in [1.807, 2.05) is 0 Å². The van der Waals surface area contributed by atoms with Gasteiger partial charge in [-0.15, -0.1) is 11.3 Å². The smallest absolute Gasteiger partial charge is 0.381 e. The Kier molecular flexibility index (Phi) is 9.40. The molecule has 4 N–H and O–H groups in total. The number of piperidine rings is 1. The zero-order valence-electron chi connectivity index (χ0n) is 24.3. The van der Waals surface area contributed by atoms with Crippen molar-refractivity contribution in [3.63, 3.8) is 0 Å². The van der Waals surface area contributed by atoms with E-state index in [0.717, 1.165) is 30.2 Å². The van der Waals surface area contributed by atoms with Gasteiger partial charge in [-0.05, 0) is 51.0 Å². The summed E-state index contributed by atoms with van der Waals surface area (Å²) in [7, 11) is -4.64. The lowest BCUT2D eigenvalue weighted by atomic mass is 9.98. The lowest BCUT2D eigenvalue weighted by Crippen LogP contribution is -2.50. The number of sulfonamides is 1. The lowest BCUT2D eigenvalue weighted by molar-refractivity contribution is -0.147. The second kappa shape index (κ2) is 12.4. The molecule has 1 aliphatic rings. The number of halogens is 3. The van der Waals surface area contributed by atoms with Crippen molar-refractivity contribution >= 4 is 49.9 Å². The molecule has 4 rings (SSSR count). The minimum atomic E-state index is -4.81. The minimum absolute atomic E-state index is 0.0758. The molecule has 0 spiro atoms. The molecule has 1 aromatic heterocycles. The fourth-order valence-corrected chi connectivity index (χ4v) is 6.93. The molecule has 1 aliphatic heterocycles. The van der Waals surface area contributed by atoms with E-state index < -0.39 is 50.5 Å². The van der Waals surface area contributed by atoms with Gasteiger partial charge in [0.2, 0.25) is 10.0 Å². The van der Waals surface area contributed by atoms with Crippen LogP contribution < -0.4 is 15.6 Å². The van der Waals surface area contributed by atoms with Crippen LogP contribution in [0.5, 0.6) is 0 Å². The number of aliphatic hydroxyl groups is 1. The van der Waals surface area contributed by atoms with Gasteiger partial charge in [-0.2, -0.15) is 17.9 Å². The van der Waals surface area contributed by atoms with Gasteiger partial charge in [-0.25, -0.2) is 13.4 Å². The van der Waals surface area contributed by atoms with Gasteiger partial charge in [0.05, 0.1) is 9.77 Å². The molecule has 3 amide bonds. The Morgan fingerprint density at radius 2 is 1.66 bits per heavy atom. The summed E-state index contributed by atoms with van der Waals surface area (Å²) in [6.45, 7) is 6.14. The number of carbonyl (C=O) groups excluding carboxylic acids is 3. The maximum atomic E-state index is 13.7. The fraction of sp³-hybridized carbons (Fsp3) is 0.429. The molecule has 0 radical (unpaired) electrons. The van der Waals surface area contributed by atoms with E-state index in [4.69, 9.17) is 0 Å². The van der Waals surface area contributed by atoms with Gasteiger partial charge in [0.15, 0.2) is 5.01 Å². The minimum Gasteiger partial charge on any atom is -0.381 e. The molecule has 1 fully saturated rings. The number of amides is 3. The number of rotatable bonds is 7. The highest BCUT2D eigenvalue weighted by molar-refractivity contribution is 7.89. The zero-order chi connectivity index (χ0) is 32.6. The second-order valence-electron chi connectivity index (χ2n) is 11.2. The van der Waals surface area contributed by atoms with Gasteiger partial charge < -0.3 is 10.0 Å². The van der Waals surface area contributed by atoms with E-state index >= 15 is 0 Å². The molecule has 11 nitrogen and oxygen atoms in total. The number of nitrogens with one attached hydrogen (secondary N) is 3. The Balaban J connectivity index is 1.81. The largest absolute Gasteiger partial charge is 0.404 e. The van der Waals surface area contributed by atoms with Crippen LogP contribution in [0.15, 0.2) is 41.3 Å². The third kappa shape index (κ3) is 7.20. The summed E-state index contributed by atoms with van der Waals surface area (Å²) in [5.74, 6) is -1.79. The van der Waals surface area contributed by atoms with Crippen LogP contribution in [0.2, 0.25) is 0 Å². The van der Waals surface area contributed by atoms with E-state index in [1.165, 1.54) is 32.0 Å². The summed E-state index contributed by atoms with van der Waals surface area (Å²) in [5.41, 5.74) is 2.72. The Bertz CT molecular complexity index is 1690. The normalized spacial score (nSPS) is 15.7. The number of carbonyl (C=O) groups is 3. The highest BCUT2D eigenvalue weighted by Gasteiger charge is 2.39. The van der Waals surface area contributed by atoms with Crippen molar-refractivity contribution in [3.8, 4) is 10.4 Å². The maximum absolute atomic E-state index is 13.7. The molecule has 0 saturated carbocycles. The SMILES string of the molecule is CC1CCN(C(=O)c2nc(C(=O)NNC(=O)C(C)(C)O)sc2-c2ccc(S(=O)(=O)NC(C)C(F)(F)F)c3ccccc23)CC1. The molecule has 44 heavy (non-hydrogen) atoms. The molecule has 0 bridgehead atoms. The van der Waals surface area contributed by atoms with Gasteiger partial charge in [0.25, 0.3) is 17.7 Å². The maximum Gasteiger partial charge on any atom is 0.404 e. The first-order valence-electron chi connectivity index (χ1n) is 13.6. The van der Waals surface area contributed by atoms with E-state index in [0.29, 0.717) is 36.9 Å². The van der Waals surface area contributed by atoms with Gasteiger partial charge in [-0.3, -0.25) is 25.2 Å². The second-order valence-corrected chi connectivity index (χ2v) is 13.9. The molecule has 3 aromatic rings. The van der Waals surface area contributed by atoms with Crippen molar-refractivity contribution in [2.24, 2.45) is 5.92 Å². The van der Waals surface area contributed by atoms with Crippen LogP contribution in [0, 0.1) is 5.92 Å². The van der Waals surface area contributed by atoms with Crippen LogP contribution in [0.3, 0.4) is 0 Å². The van der Waals surface area contributed by atoms with Crippen molar-refractivity contribution in [3.05, 3.63) is 47.1 Å². The molecule has 2 heterocycles. The quantitative estimate of drug-likeness (QED) is 0.283. The van der Waals surface area contributed by atoms with Crippen LogP contribution in [-0.4, -0.2) is 72.0 Å². The summed E-state index contributed by atoms with van der Waals surface area (Å²) in [6, 6.07) is 6.26. The van der Waals surface area contributed by atoms with Gasteiger partial charge >= 0.3 is 6.18 Å². The topological polar surface area (TPSA) is 158 Å². The molecule has 16 heteroatoms. The Hall–Kier alpha value is -3.60. The van der Waals surface area contributed by atoms with Crippen molar-refractivity contribution in [1.29, 1.82) is 0 Å². The molecular weight excluding hydrogens is 623 g/mol. The number of hydrogen-bond donors (Lipinski definition) is 4. The first-order valence-corrected chi connectivity index (χ1v) is 15.9. The Morgan fingerprint density at radius 1 is 1.05 bits per heavy atom. The number of hydrazine groups is 1. The Morgan fingerprint density at radius 3 is 2.25 bits per heavy atom. The summed E-state index contributed by atoms with van der Waals surface area (Å²) >= 11 is 0.817. The van der Waals surface area contributed by atoms with E-state index in [2.05, 4.69) is 22.8 Å². The van der Waals surface area contributed by atoms with Crippen LogP contribution in [-0.2, 0) is 14.8 Å². The van der Waals surface area contributed by atoms with Crippen LogP contribution in [0.1, 0.15) is 60.8 Å². The van der Waals surface area contributed by atoms with Crippen molar-refractivity contribution in [2.75, 3.05) is 13.1 Å². The zero-order valence-corrected chi connectivity index (χ0v) is 25.9. The first-order chi connectivity index (χ1) is 20.4. The van der Waals surface area contributed by atoms with Gasteiger partial charge in [-0.1, -0.05) is 37.3 Å². The predicted octanol–water partition coefficient (Wildman–Crippen LogP) is 3.60. The van der Waals surface area contributed by atoms with E-state index in [1.54, 1.807) is 21.8 Å². The number of fused-ring (bicyclic) bond motifs is 1. The number of alkyl halides is 3. The third-order valence-corrected chi connectivity index (χ3v) is 9.87. The Labute approximate surface area is 255 Å². The van der Waals surface area contributed by atoms with E-state index in [9.17, 15) is 41.1 Å².